The van der Waals surface area contributed by atoms with Gasteiger partial charge in [-0.2, -0.15) is 10.5 Å². The van der Waals surface area contributed by atoms with Crippen LogP contribution in [0, 0.1) is 42.4 Å². The zero-order valence-corrected chi connectivity index (χ0v) is 34.3. The molecule has 0 bridgehead atoms. The van der Waals surface area contributed by atoms with Gasteiger partial charge in [0.1, 0.15) is 0 Å². The van der Waals surface area contributed by atoms with Crippen LogP contribution in [0.2, 0.25) is 0 Å². The molecule has 0 aliphatic carbocycles. The molecule has 0 N–H and O–H groups in total. The zero-order chi connectivity index (χ0) is 44.4. The van der Waals surface area contributed by atoms with Gasteiger partial charge in [-0.15, -0.1) is 0 Å². The van der Waals surface area contributed by atoms with Crippen LogP contribution < -0.4 is 0 Å². The second-order valence-electron chi connectivity index (χ2n) is 15.1. The van der Waals surface area contributed by atoms with E-state index in [0.29, 0.717) is 45.4 Å². The van der Waals surface area contributed by atoms with Crippen molar-refractivity contribution in [2.45, 2.75) is 0 Å². The molecule has 0 aliphatic heterocycles. The summed E-state index contributed by atoms with van der Waals surface area (Å²) in [6.07, 6.45) is 0. The number of nitriles is 2. The molecule has 0 spiro atoms. The first-order valence-corrected chi connectivity index (χ1v) is 20.4. The van der Waals surface area contributed by atoms with Crippen molar-refractivity contribution >= 4 is 38.9 Å². The fraction of sp³-hybridized carbons (Fsp3) is 0. The monoisotopic (exact) mass is 827 g/mol. The summed E-state index contributed by atoms with van der Waals surface area (Å²) in [6.45, 7) is 23.6. The molecule has 298 valence electrons. The minimum Gasteiger partial charge on any atom is -0.308 e. The first kappa shape index (κ1) is 39.2. The van der Waals surface area contributed by atoms with Crippen molar-refractivity contribution in [3.05, 3.63) is 221 Å². The first-order chi connectivity index (χ1) is 32.0. The van der Waals surface area contributed by atoms with Crippen molar-refractivity contribution in [1.82, 2.24) is 19.5 Å². The van der Waals surface area contributed by atoms with E-state index in [4.69, 9.17) is 34.7 Å². The lowest BCUT2D eigenvalue weighted by molar-refractivity contribution is 1.07. The van der Waals surface area contributed by atoms with Gasteiger partial charge in [-0.3, -0.25) is 0 Å². The Hall–Kier alpha value is -9.98. The largest absolute Gasteiger partial charge is 0.308 e. The summed E-state index contributed by atoms with van der Waals surface area (Å²) in [5.41, 5.74) is 10.7. The van der Waals surface area contributed by atoms with Crippen molar-refractivity contribution in [3.8, 4) is 85.4 Å². The van der Waals surface area contributed by atoms with E-state index in [1.807, 2.05) is 133 Å². The van der Waals surface area contributed by atoms with Gasteiger partial charge < -0.3 is 4.57 Å². The predicted molar refractivity (Wildman–Crippen MR) is 255 cm³/mol. The average Bonchev–Trinajstić information content (AvgIpc) is 3.71. The Morgan fingerprint density at radius 1 is 0.431 bits per heavy atom. The van der Waals surface area contributed by atoms with E-state index in [0.717, 1.165) is 60.9 Å². The molecule has 65 heavy (non-hydrogen) atoms. The van der Waals surface area contributed by atoms with E-state index in [1.54, 1.807) is 12.1 Å². The normalized spacial score (nSPS) is 10.7. The van der Waals surface area contributed by atoms with Crippen LogP contribution in [-0.2, 0) is 0 Å². The highest BCUT2D eigenvalue weighted by Crippen LogP contribution is 2.46. The van der Waals surface area contributed by atoms with Crippen molar-refractivity contribution in [2.75, 3.05) is 0 Å². The number of nitrogens with zero attached hydrogens (tertiary/aromatic N) is 9. The second-order valence-corrected chi connectivity index (χ2v) is 15.1. The molecule has 10 rings (SSSR count). The molecule has 9 nitrogen and oxygen atoms in total. The van der Waals surface area contributed by atoms with Gasteiger partial charge in [0, 0.05) is 49.7 Å². The fourth-order valence-corrected chi connectivity index (χ4v) is 8.41. The van der Waals surface area contributed by atoms with E-state index < -0.39 is 0 Å². The summed E-state index contributed by atoms with van der Waals surface area (Å²) in [4.78, 5) is 26.3. The van der Waals surface area contributed by atoms with E-state index in [1.165, 1.54) is 12.1 Å². The van der Waals surface area contributed by atoms with E-state index >= 15 is 0 Å². The van der Waals surface area contributed by atoms with Gasteiger partial charge in [0.25, 0.3) is 0 Å². The molecule has 0 amide bonds. The van der Waals surface area contributed by atoms with Crippen LogP contribution in [-0.4, -0.2) is 19.5 Å². The molecule has 0 saturated carbocycles. The Balaban J connectivity index is 1.33. The van der Waals surface area contributed by atoms with Crippen LogP contribution in [0.4, 0.5) is 17.1 Å². The molecule has 8 aromatic carbocycles. The van der Waals surface area contributed by atoms with Crippen molar-refractivity contribution in [1.29, 1.82) is 10.5 Å². The van der Waals surface area contributed by atoms with Gasteiger partial charge in [0.05, 0.1) is 54.1 Å². The Morgan fingerprint density at radius 3 is 1.65 bits per heavy atom. The molecule has 2 heterocycles. The van der Waals surface area contributed by atoms with Gasteiger partial charge in [-0.25, -0.2) is 29.5 Å². The maximum absolute atomic E-state index is 10.3. The van der Waals surface area contributed by atoms with Crippen LogP contribution in [0.5, 0.6) is 0 Å². The number of hydrogen-bond donors (Lipinski definition) is 0. The Morgan fingerprint density at radius 2 is 1.02 bits per heavy atom. The predicted octanol–water partition coefficient (Wildman–Crippen LogP) is 14.4. The van der Waals surface area contributed by atoms with Gasteiger partial charge in [0.2, 0.25) is 0 Å². The molecule has 2 aromatic heterocycles. The summed E-state index contributed by atoms with van der Waals surface area (Å²) in [6, 6.07) is 60.3. The van der Waals surface area contributed by atoms with Crippen LogP contribution in [0.25, 0.3) is 110 Å². The third-order valence-electron chi connectivity index (χ3n) is 11.3. The van der Waals surface area contributed by atoms with E-state index in [9.17, 15) is 10.5 Å². The van der Waals surface area contributed by atoms with Crippen LogP contribution in [0.15, 0.2) is 176 Å². The number of para-hydroxylation sites is 1. The molecule has 0 fully saturated rings. The highest BCUT2D eigenvalue weighted by atomic mass is 15.0. The number of benzene rings is 8. The Bertz CT molecular complexity index is 3610. The van der Waals surface area contributed by atoms with E-state index in [-0.39, 0.29) is 16.9 Å². The van der Waals surface area contributed by atoms with Crippen molar-refractivity contribution in [2.24, 2.45) is 0 Å². The maximum Gasteiger partial charge on any atom is 0.187 e. The third-order valence-corrected chi connectivity index (χ3v) is 11.3. The minimum absolute atomic E-state index is 0.222. The van der Waals surface area contributed by atoms with Crippen molar-refractivity contribution in [3.63, 3.8) is 0 Å². The van der Waals surface area contributed by atoms with Gasteiger partial charge >= 0.3 is 0 Å². The number of hydrogen-bond acceptors (Lipinski definition) is 5. The fourth-order valence-electron chi connectivity index (χ4n) is 8.41. The molecule has 0 unspecified atom stereocenters. The lowest BCUT2D eigenvalue weighted by Crippen LogP contribution is -2.04. The number of aromatic nitrogens is 4. The Kier molecular flexibility index (Phi) is 9.93. The summed E-state index contributed by atoms with van der Waals surface area (Å²) >= 11 is 0. The number of fused-ring (bicyclic) bond motifs is 3. The van der Waals surface area contributed by atoms with Gasteiger partial charge in [-0.1, -0.05) is 121 Å². The molecule has 0 radical (unpaired) electrons. The minimum atomic E-state index is 0.222. The summed E-state index contributed by atoms with van der Waals surface area (Å²) in [7, 11) is 0. The second kappa shape index (κ2) is 16.5. The zero-order valence-electron chi connectivity index (χ0n) is 34.3. The highest BCUT2D eigenvalue weighted by Gasteiger charge is 2.24. The molecule has 0 atom stereocenters. The quantitative estimate of drug-likeness (QED) is 0.149. The SMILES string of the molecule is [C-]#[N+]c1cccc(-c2cc(-c3nc(-c4ccccc4)nc(-c4ccccc4)n3)cc(-c3cccc(C#N)c3)c2-n2c3ccccc3c3cc(-c4c(C#N)cc([N+]#[C-])cc4[N+]#[C-])ccc32)c1. The molecule has 9 heteroatoms. The smallest absolute Gasteiger partial charge is 0.187 e. The van der Waals surface area contributed by atoms with Gasteiger partial charge in [-0.05, 0) is 71.3 Å². The Labute approximate surface area is 374 Å². The maximum atomic E-state index is 10.3. The highest BCUT2D eigenvalue weighted by molar-refractivity contribution is 6.12. The summed E-state index contributed by atoms with van der Waals surface area (Å²) in [5.74, 6) is 1.45. The third kappa shape index (κ3) is 7.05. The standard InChI is InChI=1S/C56H29N9/c1-59-43-21-13-20-39(27-43)47-31-41(56-63-54(36-15-6-4-7-16-36)62-55(64-56)37-17-8-5-9-18-37)30-46(38-19-12-14-35(26-38)33-57)53(47)65-50-23-11-10-22-45(50)48-29-40(24-25-51(48)65)52-42(34-58)28-44(60-2)32-49(52)61-3/h4-32H. The van der Waals surface area contributed by atoms with Crippen LogP contribution in [0.3, 0.4) is 0 Å². The van der Waals surface area contributed by atoms with Crippen molar-refractivity contribution < 1.29 is 0 Å². The molecule has 0 saturated heterocycles. The molecular weight excluding hydrogens is 799 g/mol. The molecule has 0 aliphatic rings. The summed E-state index contributed by atoms with van der Waals surface area (Å²) < 4.78 is 2.20. The van der Waals surface area contributed by atoms with Gasteiger partial charge in [0.15, 0.2) is 34.5 Å². The van der Waals surface area contributed by atoms with E-state index in [2.05, 4.69) is 49.4 Å². The lowest BCUT2D eigenvalue weighted by atomic mass is 9.91. The average molecular weight is 828 g/mol. The van der Waals surface area contributed by atoms with Crippen LogP contribution in [0.1, 0.15) is 11.1 Å². The number of rotatable bonds is 7. The topological polar surface area (TPSA) is 104 Å². The summed E-state index contributed by atoms with van der Waals surface area (Å²) in [5, 5.41) is 22.2. The molecular formula is C56H29N9. The van der Waals surface area contributed by atoms with Crippen LogP contribution >= 0.6 is 0 Å². The first-order valence-electron chi connectivity index (χ1n) is 20.4. The molecule has 10 aromatic rings. The lowest BCUT2D eigenvalue weighted by Gasteiger charge is -2.21.